The average molecular weight is 281 g/mol. The molecule has 0 saturated heterocycles. The molecule has 0 bridgehead atoms. The molecule has 0 saturated carbocycles. The molecule has 0 atom stereocenters. The van der Waals surface area contributed by atoms with Gasteiger partial charge in [0.2, 0.25) is 5.71 Å². The largest absolute Gasteiger partial charge is 0.476 e. The van der Waals surface area contributed by atoms with Gasteiger partial charge in [0, 0.05) is 9.75 Å². The maximum atomic E-state index is 10.8. The lowest BCUT2D eigenvalue weighted by molar-refractivity contribution is -0.129. The SMILES string of the molecule is O=C(O)/C(=N\O)c1ccc(CCc2cccs2)s1. The minimum Gasteiger partial charge on any atom is -0.476 e. The number of aliphatic carboxylic acids is 1. The zero-order valence-corrected chi connectivity index (χ0v) is 11.0. The highest BCUT2D eigenvalue weighted by Gasteiger charge is 2.15. The molecule has 2 heterocycles. The molecule has 0 fully saturated rings. The number of carbonyl (C=O) groups is 1. The van der Waals surface area contributed by atoms with Gasteiger partial charge in [-0.3, -0.25) is 0 Å². The van der Waals surface area contributed by atoms with Crippen molar-refractivity contribution in [2.45, 2.75) is 12.8 Å². The maximum Gasteiger partial charge on any atom is 0.359 e. The molecule has 0 radical (unpaired) electrons. The van der Waals surface area contributed by atoms with Crippen LogP contribution in [0.25, 0.3) is 0 Å². The number of carboxylic acid groups (broad SMARTS) is 1. The van der Waals surface area contributed by atoms with Gasteiger partial charge < -0.3 is 10.3 Å². The van der Waals surface area contributed by atoms with Crippen molar-refractivity contribution in [2.75, 3.05) is 0 Å². The summed E-state index contributed by atoms with van der Waals surface area (Å²) in [7, 11) is 0. The van der Waals surface area contributed by atoms with Crippen LogP contribution >= 0.6 is 22.7 Å². The number of nitrogens with zero attached hydrogens (tertiary/aromatic N) is 1. The fraction of sp³-hybridized carbons (Fsp3) is 0.167. The summed E-state index contributed by atoms with van der Waals surface area (Å²) in [4.78, 5) is 13.7. The summed E-state index contributed by atoms with van der Waals surface area (Å²) in [6.07, 6.45) is 1.81. The van der Waals surface area contributed by atoms with Crippen LogP contribution in [-0.2, 0) is 17.6 Å². The predicted octanol–water partition coefficient (Wildman–Crippen LogP) is 2.86. The van der Waals surface area contributed by atoms with E-state index in [4.69, 9.17) is 10.3 Å². The molecule has 18 heavy (non-hydrogen) atoms. The number of rotatable bonds is 5. The monoisotopic (exact) mass is 281 g/mol. The standard InChI is InChI=1S/C12H11NO3S2/c14-12(15)11(13-16)10-6-5-9(18-10)4-3-8-2-1-7-17-8/h1-2,5-7,16H,3-4H2,(H,14,15)/b13-11-. The second-order valence-electron chi connectivity index (χ2n) is 3.60. The first-order valence-corrected chi connectivity index (χ1v) is 6.97. The molecule has 4 nitrogen and oxygen atoms in total. The first-order chi connectivity index (χ1) is 8.70. The van der Waals surface area contributed by atoms with E-state index >= 15 is 0 Å². The molecular formula is C12H11NO3S2. The summed E-state index contributed by atoms with van der Waals surface area (Å²) >= 11 is 3.06. The van der Waals surface area contributed by atoms with Gasteiger partial charge in [0.05, 0.1) is 4.88 Å². The number of carboxylic acids is 1. The summed E-state index contributed by atoms with van der Waals surface area (Å²) in [5.74, 6) is -1.22. The molecule has 2 rings (SSSR count). The lowest BCUT2D eigenvalue weighted by Gasteiger charge is -1.95. The molecule has 6 heteroatoms. The summed E-state index contributed by atoms with van der Waals surface area (Å²) in [6, 6.07) is 7.65. The second kappa shape index (κ2) is 5.79. The van der Waals surface area contributed by atoms with E-state index in [2.05, 4.69) is 11.2 Å². The van der Waals surface area contributed by atoms with Gasteiger partial charge in [-0.1, -0.05) is 11.2 Å². The molecule has 0 unspecified atom stereocenters. The highest BCUT2D eigenvalue weighted by atomic mass is 32.1. The number of aryl methyl sites for hydroxylation is 2. The smallest absolute Gasteiger partial charge is 0.359 e. The van der Waals surface area contributed by atoms with E-state index in [1.807, 2.05) is 17.5 Å². The van der Waals surface area contributed by atoms with Crippen LogP contribution in [0.5, 0.6) is 0 Å². The third-order valence-corrected chi connectivity index (χ3v) is 4.48. The molecular weight excluding hydrogens is 270 g/mol. The summed E-state index contributed by atoms with van der Waals surface area (Å²) in [5, 5.41) is 22.3. The van der Waals surface area contributed by atoms with Gasteiger partial charge in [-0.15, -0.1) is 22.7 Å². The van der Waals surface area contributed by atoms with Gasteiger partial charge in [0.1, 0.15) is 0 Å². The van der Waals surface area contributed by atoms with Crippen molar-refractivity contribution in [3.63, 3.8) is 0 Å². The first kappa shape index (κ1) is 12.8. The summed E-state index contributed by atoms with van der Waals surface area (Å²) < 4.78 is 0. The van der Waals surface area contributed by atoms with E-state index in [1.165, 1.54) is 16.2 Å². The molecule has 0 aliphatic carbocycles. The topological polar surface area (TPSA) is 69.9 Å². The van der Waals surface area contributed by atoms with Crippen LogP contribution in [0.1, 0.15) is 14.6 Å². The van der Waals surface area contributed by atoms with Crippen molar-refractivity contribution in [1.29, 1.82) is 0 Å². The van der Waals surface area contributed by atoms with E-state index in [1.54, 1.807) is 17.4 Å². The molecule has 94 valence electrons. The summed E-state index contributed by atoms with van der Waals surface area (Å²) in [5.41, 5.74) is -0.303. The molecule has 2 aromatic rings. The van der Waals surface area contributed by atoms with Gasteiger partial charge >= 0.3 is 5.97 Å². The first-order valence-electron chi connectivity index (χ1n) is 5.27. The fourth-order valence-electron chi connectivity index (χ4n) is 1.54. The van der Waals surface area contributed by atoms with E-state index in [-0.39, 0.29) is 5.71 Å². The van der Waals surface area contributed by atoms with Gasteiger partial charge in [0.15, 0.2) is 0 Å². The summed E-state index contributed by atoms with van der Waals surface area (Å²) in [6.45, 7) is 0. The molecule has 2 aromatic heterocycles. The quantitative estimate of drug-likeness (QED) is 0.503. The Morgan fingerprint density at radius 3 is 2.61 bits per heavy atom. The van der Waals surface area contributed by atoms with E-state index < -0.39 is 5.97 Å². The maximum absolute atomic E-state index is 10.8. The van der Waals surface area contributed by atoms with Crippen LogP contribution in [0.2, 0.25) is 0 Å². The van der Waals surface area contributed by atoms with Crippen molar-refractivity contribution in [3.8, 4) is 0 Å². The Morgan fingerprint density at radius 1 is 1.22 bits per heavy atom. The minimum atomic E-state index is -1.22. The highest BCUT2D eigenvalue weighted by Crippen LogP contribution is 2.20. The fourth-order valence-corrected chi connectivity index (χ4v) is 3.23. The van der Waals surface area contributed by atoms with Gasteiger partial charge in [0.25, 0.3) is 0 Å². The minimum absolute atomic E-state index is 0.303. The van der Waals surface area contributed by atoms with Crippen LogP contribution in [-0.4, -0.2) is 22.0 Å². The van der Waals surface area contributed by atoms with Gasteiger partial charge in [-0.2, -0.15) is 0 Å². The Balaban J connectivity index is 2.04. The Morgan fingerprint density at radius 2 is 2.00 bits per heavy atom. The Bertz CT molecular complexity index is 558. The van der Waals surface area contributed by atoms with Crippen LogP contribution in [0, 0.1) is 0 Å². The van der Waals surface area contributed by atoms with Gasteiger partial charge in [-0.25, -0.2) is 4.79 Å². The van der Waals surface area contributed by atoms with Crippen LogP contribution < -0.4 is 0 Å². The predicted molar refractivity (Wildman–Crippen MR) is 72.0 cm³/mol. The average Bonchev–Trinajstić information content (AvgIpc) is 2.97. The number of hydrogen-bond acceptors (Lipinski definition) is 5. The third kappa shape index (κ3) is 2.96. The Labute approximate surface area is 112 Å². The Hall–Kier alpha value is -1.66. The van der Waals surface area contributed by atoms with Crippen LogP contribution in [0.15, 0.2) is 34.8 Å². The molecule has 0 amide bonds. The second-order valence-corrected chi connectivity index (χ2v) is 5.80. The van der Waals surface area contributed by atoms with E-state index in [0.29, 0.717) is 4.88 Å². The Kier molecular flexibility index (Phi) is 4.11. The highest BCUT2D eigenvalue weighted by molar-refractivity contribution is 7.15. The van der Waals surface area contributed by atoms with Crippen molar-refractivity contribution in [3.05, 3.63) is 44.3 Å². The van der Waals surface area contributed by atoms with E-state index in [0.717, 1.165) is 17.7 Å². The lowest BCUT2D eigenvalue weighted by atomic mass is 10.2. The molecule has 0 spiro atoms. The zero-order chi connectivity index (χ0) is 13.0. The molecule has 0 aliphatic rings. The van der Waals surface area contributed by atoms with Crippen molar-refractivity contribution in [1.82, 2.24) is 0 Å². The van der Waals surface area contributed by atoms with Crippen molar-refractivity contribution < 1.29 is 15.1 Å². The van der Waals surface area contributed by atoms with Gasteiger partial charge in [-0.05, 0) is 36.4 Å². The molecule has 0 aromatic carbocycles. The number of oxime groups is 1. The van der Waals surface area contributed by atoms with Crippen molar-refractivity contribution in [2.24, 2.45) is 5.16 Å². The third-order valence-electron chi connectivity index (χ3n) is 2.40. The van der Waals surface area contributed by atoms with Crippen molar-refractivity contribution >= 4 is 34.4 Å². The normalized spacial score (nSPS) is 11.7. The number of hydrogen-bond donors (Lipinski definition) is 2. The van der Waals surface area contributed by atoms with Crippen LogP contribution in [0.4, 0.5) is 0 Å². The molecule has 2 N–H and O–H groups in total. The lowest BCUT2D eigenvalue weighted by Crippen LogP contribution is -2.12. The molecule has 0 aliphatic heterocycles. The number of thiophene rings is 2. The van der Waals surface area contributed by atoms with Crippen LogP contribution in [0.3, 0.4) is 0 Å². The zero-order valence-electron chi connectivity index (χ0n) is 9.37. The van der Waals surface area contributed by atoms with E-state index in [9.17, 15) is 4.79 Å².